The summed E-state index contributed by atoms with van der Waals surface area (Å²) in [6.07, 6.45) is 0. The predicted molar refractivity (Wildman–Crippen MR) is 232 cm³/mol. The second-order valence-electron chi connectivity index (χ2n) is 14.6. The van der Waals surface area contributed by atoms with Crippen LogP contribution in [-0.2, 0) is 0 Å². The van der Waals surface area contributed by atoms with Gasteiger partial charge in [-0.15, -0.1) is 0 Å². The molecule has 3 heterocycles. The molecule has 0 N–H and O–H groups in total. The molecule has 0 saturated carbocycles. The number of rotatable bonds is 4. The molecule has 0 fully saturated rings. The topological polar surface area (TPSA) is 43.9 Å². The predicted octanol–water partition coefficient (Wildman–Crippen LogP) is 13.9. The van der Waals surface area contributed by atoms with E-state index in [0.717, 1.165) is 83.0 Å². The van der Waals surface area contributed by atoms with Crippen LogP contribution in [0.25, 0.3) is 116 Å². The third kappa shape index (κ3) is 4.73. The van der Waals surface area contributed by atoms with Crippen LogP contribution in [-0.4, -0.2) is 14.5 Å². The van der Waals surface area contributed by atoms with Gasteiger partial charge in [0.1, 0.15) is 11.2 Å². The van der Waals surface area contributed by atoms with Gasteiger partial charge in [-0.05, 0) is 94.0 Å². The fourth-order valence-corrected chi connectivity index (χ4v) is 8.66. The molecule has 3 aromatic heterocycles. The van der Waals surface area contributed by atoms with Crippen molar-refractivity contribution in [2.45, 2.75) is 0 Å². The van der Waals surface area contributed by atoms with E-state index in [2.05, 4.69) is 156 Å². The molecule has 0 aliphatic rings. The highest BCUT2D eigenvalue weighted by Gasteiger charge is 2.21. The summed E-state index contributed by atoms with van der Waals surface area (Å²) in [6, 6.07) is 66.9. The van der Waals surface area contributed by atoms with E-state index in [4.69, 9.17) is 14.4 Å². The highest BCUT2D eigenvalue weighted by Crippen LogP contribution is 2.42. The minimum atomic E-state index is 0.813. The second-order valence-corrected chi connectivity index (χ2v) is 14.6. The molecule has 0 unspecified atom stereocenters. The summed E-state index contributed by atoms with van der Waals surface area (Å²) in [5.41, 5.74) is 12.8. The van der Waals surface area contributed by atoms with Gasteiger partial charge in [-0.25, -0.2) is 9.97 Å². The summed E-state index contributed by atoms with van der Waals surface area (Å²) in [5.74, 6) is 0. The van der Waals surface area contributed by atoms with Gasteiger partial charge >= 0.3 is 0 Å². The summed E-state index contributed by atoms with van der Waals surface area (Å²) >= 11 is 0. The van der Waals surface area contributed by atoms with Gasteiger partial charge in [0.25, 0.3) is 0 Å². The third-order valence-corrected chi connectivity index (χ3v) is 11.3. The van der Waals surface area contributed by atoms with Gasteiger partial charge in [0, 0.05) is 38.1 Å². The number of benzene rings is 9. The van der Waals surface area contributed by atoms with Crippen LogP contribution < -0.4 is 0 Å². The van der Waals surface area contributed by atoms with E-state index >= 15 is 0 Å². The lowest BCUT2D eigenvalue weighted by Gasteiger charge is -2.16. The molecule has 0 saturated heterocycles. The zero-order valence-corrected chi connectivity index (χ0v) is 30.1. The zero-order chi connectivity index (χ0) is 36.7. The fraction of sp³-hybridized carbons (Fsp3) is 0. The van der Waals surface area contributed by atoms with Crippen LogP contribution in [0.5, 0.6) is 0 Å². The molecule has 56 heavy (non-hydrogen) atoms. The SMILES string of the molecule is c1ccc(-c2ccc3c(c2)c2cc4ccccc4cc2n3-c2cc(-c3nc4ccccc4nc3-c3ccc4c(c3)oc3ccccc34)cc3ccccc23)cc1. The molecule has 0 radical (unpaired) electrons. The van der Waals surface area contributed by atoms with E-state index in [0.29, 0.717) is 0 Å². The normalized spacial score (nSPS) is 11.9. The van der Waals surface area contributed by atoms with Crippen LogP contribution in [0.4, 0.5) is 0 Å². The second kappa shape index (κ2) is 12.0. The molecule has 0 bridgehead atoms. The van der Waals surface area contributed by atoms with Crippen molar-refractivity contribution in [1.29, 1.82) is 0 Å². The van der Waals surface area contributed by atoms with Crippen molar-refractivity contribution in [3.05, 3.63) is 188 Å². The van der Waals surface area contributed by atoms with Gasteiger partial charge < -0.3 is 8.98 Å². The van der Waals surface area contributed by atoms with E-state index in [1.807, 2.05) is 36.4 Å². The van der Waals surface area contributed by atoms with Crippen molar-refractivity contribution in [3.63, 3.8) is 0 Å². The zero-order valence-electron chi connectivity index (χ0n) is 30.1. The maximum absolute atomic E-state index is 6.37. The maximum Gasteiger partial charge on any atom is 0.136 e. The largest absolute Gasteiger partial charge is 0.456 e. The molecule has 0 amide bonds. The number of nitrogens with zero attached hydrogens (tertiary/aromatic N) is 3. The van der Waals surface area contributed by atoms with Crippen molar-refractivity contribution in [1.82, 2.24) is 14.5 Å². The van der Waals surface area contributed by atoms with Crippen LogP contribution in [0, 0.1) is 0 Å². The van der Waals surface area contributed by atoms with Crippen LogP contribution in [0.2, 0.25) is 0 Å². The van der Waals surface area contributed by atoms with E-state index in [1.54, 1.807) is 0 Å². The minimum Gasteiger partial charge on any atom is -0.456 e. The lowest BCUT2D eigenvalue weighted by molar-refractivity contribution is 0.669. The molecular formula is C52H31N3O. The summed E-state index contributed by atoms with van der Waals surface area (Å²) < 4.78 is 8.82. The fourth-order valence-electron chi connectivity index (χ4n) is 8.66. The average molecular weight is 714 g/mol. The monoisotopic (exact) mass is 713 g/mol. The van der Waals surface area contributed by atoms with Crippen LogP contribution in [0.15, 0.2) is 192 Å². The summed E-state index contributed by atoms with van der Waals surface area (Å²) in [6.45, 7) is 0. The van der Waals surface area contributed by atoms with Crippen molar-refractivity contribution in [2.75, 3.05) is 0 Å². The van der Waals surface area contributed by atoms with Crippen LogP contribution >= 0.6 is 0 Å². The number of fused-ring (bicyclic) bond motifs is 9. The van der Waals surface area contributed by atoms with Gasteiger partial charge in [-0.1, -0.05) is 121 Å². The Kier molecular flexibility index (Phi) is 6.60. The van der Waals surface area contributed by atoms with Crippen molar-refractivity contribution in [3.8, 4) is 39.3 Å². The number of aromatic nitrogens is 3. The number of hydrogen-bond acceptors (Lipinski definition) is 3. The molecular weight excluding hydrogens is 683 g/mol. The molecule has 4 nitrogen and oxygen atoms in total. The average Bonchev–Trinajstić information content (AvgIpc) is 3.79. The Labute approximate surface area is 321 Å². The Morgan fingerprint density at radius 1 is 0.339 bits per heavy atom. The quantitative estimate of drug-likeness (QED) is 0.182. The van der Waals surface area contributed by atoms with Crippen molar-refractivity contribution >= 4 is 76.3 Å². The highest BCUT2D eigenvalue weighted by atomic mass is 16.3. The van der Waals surface area contributed by atoms with Gasteiger partial charge in [-0.2, -0.15) is 0 Å². The van der Waals surface area contributed by atoms with Crippen LogP contribution in [0.1, 0.15) is 0 Å². The van der Waals surface area contributed by atoms with Crippen molar-refractivity contribution < 1.29 is 4.42 Å². The van der Waals surface area contributed by atoms with E-state index in [1.165, 1.54) is 32.7 Å². The summed E-state index contributed by atoms with van der Waals surface area (Å²) in [5, 5.41) is 9.34. The molecule has 12 aromatic rings. The van der Waals surface area contributed by atoms with Gasteiger partial charge in [-0.3, -0.25) is 0 Å². The van der Waals surface area contributed by atoms with Gasteiger partial charge in [0.05, 0.1) is 39.1 Å². The maximum atomic E-state index is 6.37. The molecule has 0 aliphatic carbocycles. The van der Waals surface area contributed by atoms with E-state index < -0.39 is 0 Å². The lowest BCUT2D eigenvalue weighted by atomic mass is 9.98. The standard InChI is InChI=1S/C52H31N3O/c1-2-12-32(13-3-1)35-23-25-46-42(28-35)43-27-33-14-4-5-15-34(33)29-48(43)55(46)47-30-38(26-36-16-6-7-17-39(36)47)52-51(53-44-19-9-10-20-45(44)54-52)37-22-24-41-40-18-8-11-21-49(40)56-50(41)31-37/h1-31H. The Bertz CT molecular complexity index is 3540. The molecule has 0 atom stereocenters. The molecule has 4 heteroatoms. The number of para-hydroxylation sites is 3. The molecule has 12 rings (SSSR count). The molecule has 9 aromatic carbocycles. The summed E-state index contributed by atoms with van der Waals surface area (Å²) in [7, 11) is 0. The molecule has 0 spiro atoms. The Morgan fingerprint density at radius 3 is 1.79 bits per heavy atom. The van der Waals surface area contributed by atoms with Crippen LogP contribution in [0.3, 0.4) is 0 Å². The number of furan rings is 1. The lowest BCUT2D eigenvalue weighted by Crippen LogP contribution is -1.99. The first-order chi connectivity index (χ1) is 27.7. The summed E-state index contributed by atoms with van der Waals surface area (Å²) in [4.78, 5) is 10.7. The Balaban J connectivity index is 1.15. The first-order valence-corrected chi connectivity index (χ1v) is 19.0. The molecule has 0 aliphatic heterocycles. The number of hydrogen-bond donors (Lipinski definition) is 0. The minimum absolute atomic E-state index is 0.813. The van der Waals surface area contributed by atoms with Gasteiger partial charge in [0.2, 0.25) is 0 Å². The first-order valence-electron chi connectivity index (χ1n) is 19.0. The highest BCUT2D eigenvalue weighted by molar-refractivity contribution is 6.16. The Morgan fingerprint density at radius 2 is 0.964 bits per heavy atom. The van der Waals surface area contributed by atoms with E-state index in [-0.39, 0.29) is 0 Å². The first kappa shape index (κ1) is 30.9. The van der Waals surface area contributed by atoms with Crippen molar-refractivity contribution in [2.24, 2.45) is 0 Å². The molecule has 260 valence electrons. The Hall–Kier alpha value is -7.56. The van der Waals surface area contributed by atoms with E-state index in [9.17, 15) is 0 Å². The smallest absolute Gasteiger partial charge is 0.136 e. The van der Waals surface area contributed by atoms with Gasteiger partial charge in [0.15, 0.2) is 0 Å². The third-order valence-electron chi connectivity index (χ3n) is 11.3.